The molecule has 1 amide bonds. The Morgan fingerprint density at radius 3 is 2.27 bits per heavy atom. The molecule has 3 N–H and O–H groups in total. The van der Waals surface area contributed by atoms with Gasteiger partial charge in [0.2, 0.25) is 5.91 Å². The van der Waals surface area contributed by atoms with Gasteiger partial charge in [0.15, 0.2) is 0 Å². The Morgan fingerprint density at radius 2 is 1.87 bits per heavy atom. The van der Waals surface area contributed by atoms with Crippen molar-refractivity contribution in [2.75, 3.05) is 13.6 Å². The van der Waals surface area contributed by atoms with Crippen molar-refractivity contribution in [3.8, 4) is 0 Å². The monoisotopic (exact) mass is 215 g/mol. The highest BCUT2D eigenvalue weighted by atomic mass is 16.2. The predicted molar refractivity (Wildman–Crippen MR) is 63.6 cm³/mol. The van der Waals surface area contributed by atoms with Gasteiger partial charge in [-0.1, -0.05) is 0 Å². The quantitative estimate of drug-likeness (QED) is 0.681. The number of carbonyl (C=O) groups excluding carboxylic acids is 1. The van der Waals surface area contributed by atoms with Gasteiger partial charge in [-0.2, -0.15) is 0 Å². The number of likely N-dealkylation sites (N-methyl/N-ethyl adjacent to an activating group) is 1. The van der Waals surface area contributed by atoms with Gasteiger partial charge in [0.25, 0.3) is 0 Å². The molecule has 0 heterocycles. The first-order chi connectivity index (χ1) is 6.84. The average Bonchev–Trinajstić information content (AvgIpc) is 2.11. The van der Waals surface area contributed by atoms with Crippen LogP contribution in [0.1, 0.15) is 34.1 Å². The second-order valence-electron chi connectivity index (χ2n) is 4.59. The maximum Gasteiger partial charge on any atom is 0.237 e. The molecule has 0 fully saturated rings. The minimum absolute atomic E-state index is 0.0807. The summed E-state index contributed by atoms with van der Waals surface area (Å²) in [5, 5.41) is 2.90. The third-order valence-corrected chi connectivity index (χ3v) is 2.41. The van der Waals surface area contributed by atoms with Crippen molar-refractivity contribution in [2.45, 2.75) is 52.2 Å². The van der Waals surface area contributed by atoms with Gasteiger partial charge in [0.1, 0.15) is 0 Å². The van der Waals surface area contributed by atoms with Gasteiger partial charge in [0.05, 0.1) is 6.04 Å². The van der Waals surface area contributed by atoms with E-state index in [1.54, 1.807) is 0 Å². The maximum absolute atomic E-state index is 11.7. The zero-order valence-corrected chi connectivity index (χ0v) is 10.6. The molecule has 0 bridgehead atoms. The highest BCUT2D eigenvalue weighted by molar-refractivity contribution is 5.81. The fraction of sp³-hybridized carbons (Fsp3) is 0.909. The fourth-order valence-corrected chi connectivity index (χ4v) is 1.21. The molecule has 2 unspecified atom stereocenters. The topological polar surface area (TPSA) is 58.4 Å². The molecule has 0 saturated carbocycles. The lowest BCUT2D eigenvalue weighted by atomic mass is 10.2. The van der Waals surface area contributed by atoms with Crippen LogP contribution in [0.15, 0.2) is 0 Å². The Morgan fingerprint density at radius 1 is 1.33 bits per heavy atom. The van der Waals surface area contributed by atoms with E-state index in [2.05, 4.69) is 5.32 Å². The summed E-state index contributed by atoms with van der Waals surface area (Å²) in [6, 6.07) is 0.292. The highest BCUT2D eigenvalue weighted by Crippen LogP contribution is 1.99. The zero-order valence-electron chi connectivity index (χ0n) is 10.6. The second-order valence-corrected chi connectivity index (χ2v) is 4.59. The number of hydrogen-bond acceptors (Lipinski definition) is 3. The molecule has 90 valence electrons. The molecule has 4 nitrogen and oxygen atoms in total. The van der Waals surface area contributed by atoms with Crippen LogP contribution >= 0.6 is 0 Å². The van der Waals surface area contributed by atoms with Crippen LogP contribution in [0, 0.1) is 0 Å². The predicted octanol–water partition coefficient (Wildman–Crippen LogP) is 0.569. The van der Waals surface area contributed by atoms with Crippen molar-refractivity contribution in [3.05, 3.63) is 0 Å². The third-order valence-electron chi connectivity index (χ3n) is 2.41. The number of rotatable bonds is 6. The molecule has 0 rings (SSSR count). The minimum Gasteiger partial charge on any atom is -0.353 e. The number of hydrogen-bond donors (Lipinski definition) is 2. The summed E-state index contributed by atoms with van der Waals surface area (Å²) in [6.45, 7) is 8.68. The van der Waals surface area contributed by atoms with Crippen LogP contribution in [0.3, 0.4) is 0 Å². The summed E-state index contributed by atoms with van der Waals surface area (Å²) < 4.78 is 0. The van der Waals surface area contributed by atoms with E-state index in [1.807, 2.05) is 39.6 Å². The van der Waals surface area contributed by atoms with Crippen molar-refractivity contribution in [1.82, 2.24) is 10.2 Å². The average molecular weight is 215 g/mol. The van der Waals surface area contributed by atoms with E-state index >= 15 is 0 Å². The van der Waals surface area contributed by atoms with E-state index in [0.717, 1.165) is 13.0 Å². The van der Waals surface area contributed by atoms with Crippen LogP contribution in [-0.4, -0.2) is 42.5 Å². The van der Waals surface area contributed by atoms with Crippen molar-refractivity contribution >= 4 is 5.91 Å². The van der Waals surface area contributed by atoms with E-state index in [1.165, 1.54) is 0 Å². The first kappa shape index (κ1) is 14.4. The number of nitrogens with zero attached hydrogens (tertiary/aromatic N) is 1. The third kappa shape index (κ3) is 6.47. The molecule has 4 heteroatoms. The van der Waals surface area contributed by atoms with Crippen LogP contribution in [0.4, 0.5) is 0 Å². The first-order valence-corrected chi connectivity index (χ1v) is 5.60. The molecule has 0 aromatic heterocycles. The zero-order chi connectivity index (χ0) is 12.0. The molecular weight excluding hydrogens is 190 g/mol. The molecular formula is C11H25N3O. The lowest BCUT2D eigenvalue weighted by Crippen LogP contribution is -2.46. The Balaban J connectivity index is 3.96. The maximum atomic E-state index is 11.7. The summed E-state index contributed by atoms with van der Waals surface area (Å²) in [7, 11) is 1.95. The van der Waals surface area contributed by atoms with E-state index in [0.29, 0.717) is 0 Å². The van der Waals surface area contributed by atoms with Crippen LogP contribution < -0.4 is 11.1 Å². The largest absolute Gasteiger partial charge is 0.353 e. The van der Waals surface area contributed by atoms with Gasteiger partial charge in [-0.15, -0.1) is 0 Å². The van der Waals surface area contributed by atoms with E-state index in [4.69, 9.17) is 5.73 Å². The molecule has 0 aromatic rings. The Hall–Kier alpha value is -0.610. The van der Waals surface area contributed by atoms with Crippen LogP contribution in [-0.2, 0) is 4.79 Å². The normalized spacial score (nSPS) is 15.5. The van der Waals surface area contributed by atoms with Gasteiger partial charge in [-0.3, -0.25) is 9.69 Å². The van der Waals surface area contributed by atoms with E-state index in [9.17, 15) is 4.79 Å². The van der Waals surface area contributed by atoms with Gasteiger partial charge < -0.3 is 11.1 Å². The summed E-state index contributed by atoms with van der Waals surface area (Å²) in [6.07, 6.45) is 0.912. The van der Waals surface area contributed by atoms with Crippen LogP contribution in [0.2, 0.25) is 0 Å². The number of amides is 1. The molecule has 0 aliphatic heterocycles. The van der Waals surface area contributed by atoms with Crippen molar-refractivity contribution in [2.24, 2.45) is 5.73 Å². The standard InChI is InChI=1S/C11H25N3O/c1-8(2)13-11(15)10(4)14(5)7-6-9(3)12/h8-10H,6-7,12H2,1-5H3,(H,13,15). The molecule has 2 atom stereocenters. The number of carbonyl (C=O) groups is 1. The van der Waals surface area contributed by atoms with Gasteiger partial charge in [-0.25, -0.2) is 0 Å². The fourth-order valence-electron chi connectivity index (χ4n) is 1.21. The second kappa shape index (κ2) is 6.80. The van der Waals surface area contributed by atoms with Crippen molar-refractivity contribution in [1.29, 1.82) is 0 Å². The molecule has 0 saturated heterocycles. The van der Waals surface area contributed by atoms with Gasteiger partial charge >= 0.3 is 0 Å². The Labute approximate surface area is 93.2 Å². The summed E-state index contributed by atoms with van der Waals surface area (Å²) in [4.78, 5) is 13.7. The number of nitrogens with one attached hydrogen (secondary N) is 1. The first-order valence-electron chi connectivity index (χ1n) is 5.60. The van der Waals surface area contributed by atoms with E-state index < -0.39 is 0 Å². The SMILES string of the molecule is CC(N)CCN(C)C(C)C(=O)NC(C)C. The van der Waals surface area contributed by atoms with Crippen molar-refractivity contribution in [3.63, 3.8) is 0 Å². The molecule has 0 spiro atoms. The molecule has 0 aliphatic rings. The summed E-state index contributed by atoms with van der Waals surface area (Å²) in [5.74, 6) is 0.0807. The summed E-state index contributed by atoms with van der Waals surface area (Å²) >= 11 is 0. The van der Waals surface area contributed by atoms with E-state index in [-0.39, 0.29) is 24.0 Å². The van der Waals surface area contributed by atoms with Crippen molar-refractivity contribution < 1.29 is 4.79 Å². The molecule has 15 heavy (non-hydrogen) atoms. The lowest BCUT2D eigenvalue weighted by Gasteiger charge is -2.25. The summed E-state index contributed by atoms with van der Waals surface area (Å²) in [5.41, 5.74) is 5.67. The molecule has 0 radical (unpaired) electrons. The van der Waals surface area contributed by atoms with Gasteiger partial charge in [0, 0.05) is 18.6 Å². The number of nitrogens with two attached hydrogens (primary N) is 1. The minimum atomic E-state index is -0.0915. The molecule has 0 aliphatic carbocycles. The Bertz CT molecular complexity index is 192. The van der Waals surface area contributed by atoms with Crippen LogP contribution in [0.25, 0.3) is 0 Å². The smallest absolute Gasteiger partial charge is 0.237 e. The Kier molecular flexibility index (Phi) is 6.52. The highest BCUT2D eigenvalue weighted by Gasteiger charge is 2.18. The molecule has 0 aromatic carbocycles. The van der Waals surface area contributed by atoms with Gasteiger partial charge in [-0.05, 0) is 41.2 Å². The lowest BCUT2D eigenvalue weighted by molar-refractivity contribution is -0.125. The van der Waals surface area contributed by atoms with Crippen LogP contribution in [0.5, 0.6) is 0 Å².